The Bertz CT molecular complexity index is 1340. The predicted octanol–water partition coefficient (Wildman–Crippen LogP) is 8.25. The number of hydrogen-bond donors (Lipinski definition) is 1. The molecule has 0 saturated carbocycles. The van der Waals surface area contributed by atoms with Crippen LogP contribution in [0.3, 0.4) is 0 Å². The van der Waals surface area contributed by atoms with Gasteiger partial charge in [-0.3, -0.25) is 14.6 Å². The zero-order chi connectivity index (χ0) is 30.1. The number of terminal acetylenes is 1. The number of nitrogens with zero attached hydrogens (tertiary/aromatic N) is 3. The van der Waals surface area contributed by atoms with Crippen molar-refractivity contribution in [2.24, 2.45) is 7.05 Å². The molecule has 0 radical (unpaired) electrons. The van der Waals surface area contributed by atoms with Crippen LogP contribution < -0.4 is 5.32 Å². The lowest BCUT2D eigenvalue weighted by Gasteiger charge is -2.15. The van der Waals surface area contributed by atoms with Crippen LogP contribution in [0.1, 0.15) is 93.8 Å². The summed E-state index contributed by atoms with van der Waals surface area (Å²) in [6.07, 6.45) is 19.9. The lowest BCUT2D eigenvalue weighted by molar-refractivity contribution is -0.115. The number of anilines is 1. The molecule has 0 fully saturated rings. The van der Waals surface area contributed by atoms with Crippen molar-refractivity contribution in [1.82, 2.24) is 9.55 Å². The summed E-state index contributed by atoms with van der Waals surface area (Å²) in [5.74, 6) is 0.489. The Balaban J connectivity index is 0.000000565. The average molecular weight is 559 g/mol. The molecule has 40 heavy (non-hydrogen) atoms. The highest BCUT2D eigenvalue weighted by molar-refractivity contribution is 8.01. The number of pyridine rings is 1. The van der Waals surface area contributed by atoms with Crippen LogP contribution in [0.15, 0.2) is 53.7 Å². The van der Waals surface area contributed by atoms with E-state index < -0.39 is 0 Å². The summed E-state index contributed by atoms with van der Waals surface area (Å²) in [7, 11) is 2.07. The number of carbonyl (C=O) groups is 2. The fraction of sp³-hybridized carbons (Fsp3) is 0.394. The van der Waals surface area contributed by atoms with Crippen LogP contribution in [-0.2, 0) is 11.8 Å². The fourth-order valence-corrected chi connectivity index (χ4v) is 4.95. The van der Waals surface area contributed by atoms with Crippen molar-refractivity contribution in [3.8, 4) is 18.9 Å². The third-order valence-electron chi connectivity index (χ3n) is 6.33. The van der Waals surface area contributed by atoms with Crippen LogP contribution in [-0.4, -0.2) is 27.5 Å². The van der Waals surface area contributed by atoms with Gasteiger partial charge in [0.05, 0.1) is 11.6 Å². The molecule has 1 aromatic carbocycles. The minimum atomic E-state index is -0.312. The number of aryl methyl sites for hydroxylation is 1. The topological polar surface area (TPSA) is 87.8 Å². The second-order valence-corrected chi connectivity index (χ2v) is 10.1. The molecule has 1 amide bonds. The monoisotopic (exact) mass is 558 g/mol. The van der Waals surface area contributed by atoms with Gasteiger partial charge in [0.1, 0.15) is 5.69 Å². The van der Waals surface area contributed by atoms with E-state index in [0.717, 1.165) is 48.9 Å². The molecular formula is C33H42N4O2S. The quantitative estimate of drug-likeness (QED) is 0.189. The number of thioether (sulfide) groups is 1. The maximum absolute atomic E-state index is 12.6. The molecule has 0 aliphatic rings. The van der Waals surface area contributed by atoms with Crippen LogP contribution in [0.2, 0.25) is 0 Å². The van der Waals surface area contributed by atoms with Gasteiger partial charge >= 0.3 is 0 Å². The first kappa shape index (κ1) is 34.2. The summed E-state index contributed by atoms with van der Waals surface area (Å²) < 4.78 is 2.16. The molecule has 3 aromatic rings. The fourth-order valence-electron chi connectivity index (χ4n) is 4.46. The summed E-state index contributed by atoms with van der Waals surface area (Å²) in [5, 5.41) is 15.0. The van der Waals surface area contributed by atoms with E-state index in [2.05, 4.69) is 60.9 Å². The minimum absolute atomic E-state index is 0.238. The van der Waals surface area contributed by atoms with Crippen molar-refractivity contribution >= 4 is 40.0 Å². The van der Waals surface area contributed by atoms with Gasteiger partial charge in [-0.05, 0) is 85.2 Å². The molecule has 0 spiro atoms. The van der Waals surface area contributed by atoms with Gasteiger partial charge in [-0.15, -0.1) is 24.6 Å². The first-order chi connectivity index (χ1) is 19.3. The van der Waals surface area contributed by atoms with E-state index in [1.54, 1.807) is 17.8 Å². The molecule has 0 atom stereocenters. The largest absolute Gasteiger partial charge is 0.350 e. The first-order valence-electron chi connectivity index (χ1n) is 13.6. The molecule has 212 valence electrons. The molecule has 6 nitrogen and oxygen atoms in total. The number of allylic oxidation sites excluding steroid dienone is 1. The number of carbonyl (C=O) groups excluding carboxylic acids is 2. The molecule has 3 rings (SSSR count). The van der Waals surface area contributed by atoms with Gasteiger partial charge < -0.3 is 9.88 Å². The number of aromatic nitrogens is 2. The summed E-state index contributed by atoms with van der Waals surface area (Å²) >= 11 is 1.58. The SMILES string of the molecule is C#C.CCCC(=O)/C(C)=C/SC.CCCC(CCC)c1cn(C)c2ccc(NC(=O)c3cc(C#N)ccn3)cc12. The molecule has 7 heteroatoms. The maximum Gasteiger partial charge on any atom is 0.274 e. The van der Waals surface area contributed by atoms with Gasteiger partial charge in [0.15, 0.2) is 5.78 Å². The summed E-state index contributed by atoms with van der Waals surface area (Å²) in [4.78, 5) is 27.7. The van der Waals surface area contributed by atoms with Crippen molar-refractivity contribution in [2.45, 2.75) is 72.1 Å². The van der Waals surface area contributed by atoms with Crippen molar-refractivity contribution < 1.29 is 9.59 Å². The zero-order valence-electron chi connectivity index (χ0n) is 24.7. The van der Waals surface area contributed by atoms with Gasteiger partial charge in [-0.2, -0.15) is 5.26 Å². The van der Waals surface area contributed by atoms with Crippen LogP contribution in [0.5, 0.6) is 0 Å². The molecule has 0 aliphatic carbocycles. The Morgan fingerprint density at radius 1 is 1.12 bits per heavy atom. The highest BCUT2D eigenvalue weighted by Crippen LogP contribution is 2.34. The summed E-state index contributed by atoms with van der Waals surface area (Å²) in [6.45, 7) is 8.34. The highest BCUT2D eigenvalue weighted by atomic mass is 32.2. The Labute approximate surface area is 244 Å². The normalized spacial score (nSPS) is 10.7. The average Bonchev–Trinajstić information content (AvgIpc) is 3.30. The van der Waals surface area contributed by atoms with E-state index in [0.29, 0.717) is 17.9 Å². The summed E-state index contributed by atoms with van der Waals surface area (Å²) in [5.41, 5.74) is 4.79. The lowest BCUT2D eigenvalue weighted by Crippen LogP contribution is -2.13. The van der Waals surface area contributed by atoms with Gasteiger partial charge in [-0.25, -0.2) is 0 Å². The number of rotatable bonds is 11. The van der Waals surface area contributed by atoms with Gasteiger partial charge in [0.25, 0.3) is 5.91 Å². The third-order valence-corrected chi connectivity index (χ3v) is 6.91. The van der Waals surface area contributed by atoms with Crippen molar-refractivity contribution in [3.63, 3.8) is 0 Å². The highest BCUT2D eigenvalue weighted by Gasteiger charge is 2.17. The van der Waals surface area contributed by atoms with Crippen LogP contribution >= 0.6 is 11.8 Å². The molecule has 0 unspecified atom stereocenters. The van der Waals surface area contributed by atoms with E-state index in [1.807, 2.05) is 43.7 Å². The van der Waals surface area contributed by atoms with E-state index in [9.17, 15) is 9.59 Å². The number of nitrogens with one attached hydrogen (secondary N) is 1. The van der Waals surface area contributed by atoms with Crippen LogP contribution in [0.25, 0.3) is 10.9 Å². The van der Waals surface area contributed by atoms with Gasteiger partial charge in [0, 0.05) is 42.5 Å². The van der Waals surface area contributed by atoms with Crippen LogP contribution in [0.4, 0.5) is 5.69 Å². The van der Waals surface area contributed by atoms with E-state index in [-0.39, 0.29) is 17.4 Å². The minimum Gasteiger partial charge on any atom is -0.350 e. The molecule has 0 saturated heterocycles. The zero-order valence-corrected chi connectivity index (χ0v) is 25.5. The number of amides is 1. The Morgan fingerprint density at radius 3 is 2.38 bits per heavy atom. The Morgan fingerprint density at radius 2 is 1.80 bits per heavy atom. The Hall–Kier alpha value is -3.81. The molecule has 0 bridgehead atoms. The number of Topliss-reactive ketones (excluding diaryl/α,β-unsaturated/α-hetero) is 1. The van der Waals surface area contributed by atoms with Crippen molar-refractivity contribution in [2.75, 3.05) is 11.6 Å². The molecule has 0 aliphatic heterocycles. The number of ketones is 1. The second-order valence-electron chi connectivity index (χ2n) is 9.41. The summed E-state index contributed by atoms with van der Waals surface area (Å²) in [6, 6.07) is 11.1. The van der Waals surface area contributed by atoms with E-state index in [1.165, 1.54) is 23.2 Å². The number of benzene rings is 1. The van der Waals surface area contributed by atoms with E-state index in [4.69, 9.17) is 5.26 Å². The smallest absolute Gasteiger partial charge is 0.274 e. The molecule has 2 aromatic heterocycles. The van der Waals surface area contributed by atoms with Gasteiger partial charge in [-0.1, -0.05) is 33.6 Å². The van der Waals surface area contributed by atoms with Crippen LogP contribution in [0, 0.1) is 24.2 Å². The van der Waals surface area contributed by atoms with Gasteiger partial charge in [0.2, 0.25) is 0 Å². The number of hydrogen-bond acceptors (Lipinski definition) is 5. The van der Waals surface area contributed by atoms with Crippen molar-refractivity contribution in [1.29, 1.82) is 5.26 Å². The number of nitriles is 1. The molecule has 2 heterocycles. The predicted molar refractivity (Wildman–Crippen MR) is 169 cm³/mol. The first-order valence-corrected chi connectivity index (χ1v) is 14.9. The maximum atomic E-state index is 12.6. The number of fused-ring (bicyclic) bond motifs is 1. The molecule has 1 N–H and O–H groups in total. The standard InChI is InChI=1S/C23H26N4O.C8H14OS.C2H2/c1-4-6-17(7-5-2)20-15-27(3)22-9-8-18(13-19(20)22)26-23(28)21-12-16(14-24)10-11-25-21;1-4-5-8(9)7(2)6-10-3;1-2/h8-13,15,17H,4-7H2,1-3H3,(H,26,28);6H,4-5H2,1-3H3;1-2H/b;7-6+;. The third kappa shape index (κ3) is 10.1. The Kier molecular flexibility index (Phi) is 15.8. The second kappa shape index (κ2) is 18.5. The van der Waals surface area contributed by atoms with E-state index >= 15 is 0 Å². The lowest BCUT2D eigenvalue weighted by atomic mass is 9.90. The molecular weight excluding hydrogens is 516 g/mol. The van der Waals surface area contributed by atoms with Crippen molar-refractivity contribution in [3.05, 3.63) is 70.5 Å².